The van der Waals surface area contributed by atoms with Crippen LogP contribution in [0.25, 0.3) is 0 Å². The molecule has 0 fully saturated rings. The molecule has 1 aromatic carbocycles. The van der Waals surface area contributed by atoms with E-state index in [1.54, 1.807) is 0 Å². The van der Waals surface area contributed by atoms with Crippen molar-refractivity contribution in [2.24, 2.45) is 0 Å². The van der Waals surface area contributed by atoms with Gasteiger partial charge in [0.25, 0.3) is 0 Å². The van der Waals surface area contributed by atoms with Crippen molar-refractivity contribution >= 4 is 17.5 Å². The number of benzene rings is 1. The van der Waals surface area contributed by atoms with Gasteiger partial charge in [0, 0.05) is 19.3 Å². The number of likely N-dealkylation sites (N-methyl/N-ethyl adjacent to an activating group) is 1. The molecule has 0 bridgehead atoms. The largest absolute Gasteiger partial charge is 0.416 e. The summed E-state index contributed by atoms with van der Waals surface area (Å²) in [6.45, 7) is 2.37. The van der Waals surface area contributed by atoms with E-state index in [9.17, 15) is 22.8 Å². The lowest BCUT2D eigenvalue weighted by molar-refractivity contribution is -0.142. The maximum atomic E-state index is 12.5. The topological polar surface area (TPSA) is 49.4 Å². The van der Waals surface area contributed by atoms with E-state index in [1.165, 1.54) is 24.1 Å². The molecule has 0 saturated carbocycles. The fraction of sp³-hybridized carbons (Fsp3) is 0.429. The van der Waals surface area contributed by atoms with Crippen LogP contribution in [-0.4, -0.2) is 30.3 Å². The summed E-state index contributed by atoms with van der Waals surface area (Å²) in [6, 6.07) is 4.15. The SMILES string of the molecule is CCCCN(C)C(=O)C(=O)Nc1cccc(C(F)(F)F)c1. The molecule has 0 aliphatic heterocycles. The Labute approximate surface area is 120 Å². The summed E-state index contributed by atoms with van der Waals surface area (Å²) in [5, 5.41) is 2.18. The number of nitrogens with zero attached hydrogens (tertiary/aromatic N) is 1. The molecule has 21 heavy (non-hydrogen) atoms. The Morgan fingerprint density at radius 2 is 1.95 bits per heavy atom. The highest BCUT2D eigenvalue weighted by molar-refractivity contribution is 6.39. The number of hydrogen-bond acceptors (Lipinski definition) is 2. The van der Waals surface area contributed by atoms with Crippen molar-refractivity contribution in [2.45, 2.75) is 25.9 Å². The highest BCUT2D eigenvalue weighted by atomic mass is 19.4. The van der Waals surface area contributed by atoms with Gasteiger partial charge in [-0.2, -0.15) is 13.2 Å². The Bertz CT molecular complexity index is 515. The third-order valence-electron chi connectivity index (χ3n) is 2.84. The van der Waals surface area contributed by atoms with E-state index in [-0.39, 0.29) is 5.69 Å². The highest BCUT2D eigenvalue weighted by Gasteiger charge is 2.30. The number of rotatable bonds is 4. The average Bonchev–Trinajstić information content (AvgIpc) is 2.43. The van der Waals surface area contributed by atoms with Crippen LogP contribution >= 0.6 is 0 Å². The molecule has 0 heterocycles. The maximum absolute atomic E-state index is 12.5. The number of hydrogen-bond donors (Lipinski definition) is 1. The van der Waals surface area contributed by atoms with E-state index in [0.29, 0.717) is 6.54 Å². The van der Waals surface area contributed by atoms with Crippen molar-refractivity contribution in [1.82, 2.24) is 4.90 Å². The van der Waals surface area contributed by atoms with Crippen LogP contribution in [0.3, 0.4) is 0 Å². The van der Waals surface area contributed by atoms with E-state index < -0.39 is 23.6 Å². The van der Waals surface area contributed by atoms with E-state index in [0.717, 1.165) is 25.0 Å². The van der Waals surface area contributed by atoms with Gasteiger partial charge in [-0.1, -0.05) is 19.4 Å². The number of unbranched alkanes of at least 4 members (excludes halogenated alkanes) is 1. The number of halogens is 3. The van der Waals surface area contributed by atoms with Crippen LogP contribution in [0.1, 0.15) is 25.3 Å². The molecule has 7 heteroatoms. The van der Waals surface area contributed by atoms with Crippen LogP contribution in [0.5, 0.6) is 0 Å². The van der Waals surface area contributed by atoms with Gasteiger partial charge in [0.05, 0.1) is 5.56 Å². The smallest absolute Gasteiger partial charge is 0.338 e. The van der Waals surface area contributed by atoms with Crippen LogP contribution in [0, 0.1) is 0 Å². The summed E-state index contributed by atoms with van der Waals surface area (Å²) in [6.07, 6.45) is -2.88. The van der Waals surface area contributed by atoms with Gasteiger partial charge in [-0.15, -0.1) is 0 Å². The molecule has 1 aromatic rings. The van der Waals surface area contributed by atoms with Gasteiger partial charge in [0.2, 0.25) is 0 Å². The molecule has 2 amide bonds. The summed E-state index contributed by atoms with van der Waals surface area (Å²) in [5.74, 6) is -1.73. The fourth-order valence-corrected chi connectivity index (χ4v) is 1.63. The van der Waals surface area contributed by atoms with Crippen LogP contribution < -0.4 is 5.32 Å². The second-order valence-corrected chi connectivity index (χ2v) is 4.61. The molecule has 0 saturated heterocycles. The molecule has 0 aromatic heterocycles. The second kappa shape index (κ2) is 7.10. The predicted molar refractivity (Wildman–Crippen MR) is 72.6 cm³/mol. The molecule has 0 spiro atoms. The molecular weight excluding hydrogens is 285 g/mol. The first-order valence-corrected chi connectivity index (χ1v) is 6.49. The fourth-order valence-electron chi connectivity index (χ4n) is 1.63. The molecule has 116 valence electrons. The molecular formula is C14H17F3N2O2. The lowest BCUT2D eigenvalue weighted by Gasteiger charge is -2.16. The van der Waals surface area contributed by atoms with Crippen LogP contribution in [0.2, 0.25) is 0 Å². The molecule has 0 radical (unpaired) electrons. The van der Waals surface area contributed by atoms with Crippen molar-refractivity contribution in [3.63, 3.8) is 0 Å². The minimum Gasteiger partial charge on any atom is -0.338 e. The minimum atomic E-state index is -4.50. The van der Waals surface area contributed by atoms with Gasteiger partial charge in [-0.05, 0) is 24.6 Å². The van der Waals surface area contributed by atoms with Crippen LogP contribution in [0.4, 0.5) is 18.9 Å². The lowest BCUT2D eigenvalue weighted by Crippen LogP contribution is -2.37. The van der Waals surface area contributed by atoms with Crippen LogP contribution in [0.15, 0.2) is 24.3 Å². The quantitative estimate of drug-likeness (QED) is 0.869. The number of alkyl halides is 3. The zero-order valence-electron chi connectivity index (χ0n) is 11.8. The monoisotopic (exact) mass is 302 g/mol. The van der Waals surface area contributed by atoms with Gasteiger partial charge in [-0.25, -0.2) is 0 Å². The summed E-state index contributed by atoms with van der Waals surface area (Å²) < 4.78 is 37.6. The molecule has 0 aliphatic carbocycles. The number of nitrogens with one attached hydrogen (secondary N) is 1. The Hall–Kier alpha value is -2.05. The van der Waals surface area contributed by atoms with E-state index >= 15 is 0 Å². The van der Waals surface area contributed by atoms with Crippen molar-refractivity contribution < 1.29 is 22.8 Å². The predicted octanol–water partition coefficient (Wildman–Crippen LogP) is 2.90. The Balaban J connectivity index is 2.73. The zero-order chi connectivity index (χ0) is 16.0. The molecule has 4 nitrogen and oxygen atoms in total. The van der Waals surface area contributed by atoms with Crippen molar-refractivity contribution in [3.05, 3.63) is 29.8 Å². The standard InChI is InChI=1S/C14H17F3N2O2/c1-3-4-8-19(2)13(21)12(20)18-11-7-5-6-10(9-11)14(15,16)17/h5-7,9H,3-4,8H2,1-2H3,(H,18,20). The molecule has 0 atom stereocenters. The lowest BCUT2D eigenvalue weighted by atomic mass is 10.2. The number of carbonyl (C=O) groups excluding carboxylic acids is 2. The minimum absolute atomic E-state index is 0.0629. The maximum Gasteiger partial charge on any atom is 0.416 e. The Morgan fingerprint density at radius 3 is 2.52 bits per heavy atom. The third kappa shape index (κ3) is 5.09. The number of anilines is 1. The number of carbonyl (C=O) groups is 2. The normalized spacial score (nSPS) is 11.1. The molecule has 1 rings (SSSR count). The third-order valence-corrected chi connectivity index (χ3v) is 2.84. The molecule has 0 unspecified atom stereocenters. The first-order chi connectivity index (χ1) is 9.75. The second-order valence-electron chi connectivity index (χ2n) is 4.61. The van der Waals surface area contributed by atoms with Gasteiger partial charge >= 0.3 is 18.0 Å². The Kier molecular flexibility index (Phi) is 5.75. The van der Waals surface area contributed by atoms with E-state index in [4.69, 9.17) is 0 Å². The molecule has 1 N–H and O–H groups in total. The zero-order valence-corrected chi connectivity index (χ0v) is 11.8. The van der Waals surface area contributed by atoms with Crippen molar-refractivity contribution in [3.8, 4) is 0 Å². The van der Waals surface area contributed by atoms with Crippen molar-refractivity contribution in [2.75, 3.05) is 18.9 Å². The summed E-state index contributed by atoms with van der Waals surface area (Å²) in [5.41, 5.74) is -0.945. The van der Waals surface area contributed by atoms with E-state index in [1.807, 2.05) is 6.92 Å². The van der Waals surface area contributed by atoms with Crippen LogP contribution in [-0.2, 0) is 15.8 Å². The van der Waals surface area contributed by atoms with Gasteiger partial charge in [0.1, 0.15) is 0 Å². The Morgan fingerprint density at radius 1 is 1.29 bits per heavy atom. The summed E-state index contributed by atoms with van der Waals surface area (Å²) in [4.78, 5) is 24.7. The summed E-state index contributed by atoms with van der Waals surface area (Å²) >= 11 is 0. The molecule has 0 aliphatic rings. The number of amides is 2. The van der Waals surface area contributed by atoms with E-state index in [2.05, 4.69) is 5.32 Å². The van der Waals surface area contributed by atoms with Crippen molar-refractivity contribution in [1.29, 1.82) is 0 Å². The highest BCUT2D eigenvalue weighted by Crippen LogP contribution is 2.30. The first kappa shape index (κ1) is 17.0. The first-order valence-electron chi connectivity index (χ1n) is 6.49. The summed E-state index contributed by atoms with van der Waals surface area (Å²) in [7, 11) is 1.48. The average molecular weight is 302 g/mol. The van der Waals surface area contributed by atoms with Gasteiger partial charge < -0.3 is 10.2 Å². The van der Waals surface area contributed by atoms with Gasteiger partial charge in [0.15, 0.2) is 0 Å². The van der Waals surface area contributed by atoms with Gasteiger partial charge in [-0.3, -0.25) is 9.59 Å².